The van der Waals surface area contributed by atoms with Crippen LogP contribution in [0.3, 0.4) is 0 Å². The normalized spacial score (nSPS) is 10.3. The van der Waals surface area contributed by atoms with Crippen molar-refractivity contribution in [3.8, 4) is 0 Å². The zero-order chi connectivity index (χ0) is 19.2. The Hall–Kier alpha value is -3.47. The average Bonchev–Trinajstić information content (AvgIpc) is 2.68. The summed E-state index contributed by atoms with van der Waals surface area (Å²) in [7, 11) is 1.76. The maximum absolute atomic E-state index is 12.7. The third-order valence-corrected chi connectivity index (χ3v) is 4.15. The number of nitrogens with one attached hydrogen (secondary N) is 1. The fourth-order valence-corrected chi connectivity index (χ4v) is 2.73. The molecule has 27 heavy (non-hydrogen) atoms. The summed E-state index contributed by atoms with van der Waals surface area (Å²) in [6, 6.07) is 20.6. The van der Waals surface area contributed by atoms with Crippen molar-refractivity contribution in [1.82, 2.24) is 9.88 Å². The number of hydrogen-bond acceptors (Lipinski definition) is 4. The monoisotopic (exact) mass is 359 g/mol. The second kappa shape index (κ2) is 8.27. The molecule has 0 spiro atoms. The van der Waals surface area contributed by atoms with Gasteiger partial charge in [-0.1, -0.05) is 42.5 Å². The Bertz CT molecular complexity index is 955. The summed E-state index contributed by atoms with van der Waals surface area (Å²) in [5.74, 6) is -0.147. The summed E-state index contributed by atoms with van der Waals surface area (Å²) < 4.78 is 0. The SMILES string of the molecule is CC(=O)c1cccc(Nc2ccnc(C(=O)N(C)Cc3ccccc3)c2)c1. The molecule has 0 atom stereocenters. The number of aromatic nitrogens is 1. The predicted molar refractivity (Wildman–Crippen MR) is 106 cm³/mol. The number of nitrogens with zero attached hydrogens (tertiary/aromatic N) is 2. The molecular formula is C22H21N3O2. The number of hydrogen-bond donors (Lipinski definition) is 1. The Labute approximate surface area is 158 Å². The highest BCUT2D eigenvalue weighted by Crippen LogP contribution is 2.19. The van der Waals surface area contributed by atoms with E-state index in [9.17, 15) is 9.59 Å². The lowest BCUT2D eigenvalue weighted by Gasteiger charge is -2.17. The minimum atomic E-state index is -0.153. The van der Waals surface area contributed by atoms with Crippen LogP contribution in [0.25, 0.3) is 0 Å². The van der Waals surface area contributed by atoms with E-state index in [-0.39, 0.29) is 11.7 Å². The van der Waals surface area contributed by atoms with Gasteiger partial charge in [0.1, 0.15) is 5.69 Å². The summed E-state index contributed by atoms with van der Waals surface area (Å²) in [5, 5.41) is 3.22. The number of Topliss-reactive ketones (excluding diaryl/α,β-unsaturated/α-hetero) is 1. The van der Waals surface area contributed by atoms with Crippen molar-refractivity contribution in [3.05, 3.63) is 89.7 Å². The van der Waals surface area contributed by atoms with Crippen molar-refractivity contribution in [2.24, 2.45) is 0 Å². The second-order valence-electron chi connectivity index (χ2n) is 6.34. The van der Waals surface area contributed by atoms with E-state index in [1.807, 2.05) is 42.5 Å². The quantitative estimate of drug-likeness (QED) is 0.667. The van der Waals surface area contributed by atoms with Crippen molar-refractivity contribution < 1.29 is 9.59 Å². The summed E-state index contributed by atoms with van der Waals surface area (Å²) in [6.45, 7) is 2.05. The first kappa shape index (κ1) is 18.3. The van der Waals surface area contributed by atoms with Gasteiger partial charge in [0.2, 0.25) is 0 Å². The van der Waals surface area contributed by atoms with E-state index < -0.39 is 0 Å². The molecule has 1 aromatic heterocycles. The van der Waals surface area contributed by atoms with E-state index in [0.29, 0.717) is 17.8 Å². The van der Waals surface area contributed by atoms with Crippen LogP contribution in [0.2, 0.25) is 0 Å². The Kier molecular flexibility index (Phi) is 5.61. The first-order valence-corrected chi connectivity index (χ1v) is 8.66. The van der Waals surface area contributed by atoms with Gasteiger partial charge in [-0.3, -0.25) is 14.6 Å². The highest BCUT2D eigenvalue weighted by Gasteiger charge is 2.14. The lowest BCUT2D eigenvalue weighted by molar-refractivity contribution is 0.0779. The van der Waals surface area contributed by atoms with Gasteiger partial charge in [-0.05, 0) is 36.8 Å². The molecule has 1 amide bonds. The van der Waals surface area contributed by atoms with Crippen molar-refractivity contribution in [1.29, 1.82) is 0 Å². The first-order valence-electron chi connectivity index (χ1n) is 8.66. The van der Waals surface area contributed by atoms with Crippen LogP contribution >= 0.6 is 0 Å². The highest BCUT2D eigenvalue weighted by atomic mass is 16.2. The van der Waals surface area contributed by atoms with Crippen molar-refractivity contribution >= 4 is 23.1 Å². The van der Waals surface area contributed by atoms with E-state index >= 15 is 0 Å². The third kappa shape index (κ3) is 4.79. The van der Waals surface area contributed by atoms with Gasteiger partial charge in [0.05, 0.1) is 0 Å². The van der Waals surface area contributed by atoms with E-state index in [4.69, 9.17) is 0 Å². The lowest BCUT2D eigenvalue weighted by atomic mass is 10.1. The van der Waals surface area contributed by atoms with Gasteiger partial charge >= 0.3 is 0 Å². The van der Waals surface area contributed by atoms with Crippen LogP contribution in [0.1, 0.15) is 33.3 Å². The van der Waals surface area contributed by atoms with Gasteiger partial charge in [0, 0.05) is 36.7 Å². The zero-order valence-electron chi connectivity index (χ0n) is 15.3. The second-order valence-corrected chi connectivity index (χ2v) is 6.34. The maximum Gasteiger partial charge on any atom is 0.272 e. The standard InChI is InChI=1S/C22H21N3O2/c1-16(26)18-9-6-10-19(13-18)24-20-11-12-23-21(14-20)22(27)25(2)15-17-7-4-3-5-8-17/h3-14H,15H2,1-2H3,(H,23,24). The van der Waals surface area contributed by atoms with Crippen LogP contribution in [-0.4, -0.2) is 28.6 Å². The topological polar surface area (TPSA) is 62.3 Å². The van der Waals surface area contributed by atoms with Gasteiger partial charge < -0.3 is 10.2 Å². The number of ketones is 1. The number of anilines is 2. The molecule has 0 aliphatic heterocycles. The molecule has 0 unspecified atom stereocenters. The molecule has 3 aromatic rings. The number of pyridine rings is 1. The highest BCUT2D eigenvalue weighted by molar-refractivity contribution is 5.95. The molecule has 1 N–H and O–H groups in total. The molecule has 0 radical (unpaired) electrons. The number of carbonyl (C=O) groups is 2. The lowest BCUT2D eigenvalue weighted by Crippen LogP contribution is -2.27. The molecule has 1 heterocycles. The minimum absolute atomic E-state index is 0.00628. The number of benzene rings is 2. The molecule has 0 saturated heterocycles. The van der Waals surface area contributed by atoms with Crippen molar-refractivity contribution in [2.75, 3.05) is 12.4 Å². The molecule has 5 heteroatoms. The molecule has 2 aromatic carbocycles. The van der Waals surface area contributed by atoms with Gasteiger partial charge in [-0.25, -0.2) is 0 Å². The molecule has 0 aliphatic carbocycles. The number of carbonyl (C=O) groups excluding carboxylic acids is 2. The fraction of sp³-hybridized carbons (Fsp3) is 0.136. The van der Waals surface area contributed by atoms with E-state index in [0.717, 1.165) is 16.9 Å². The van der Waals surface area contributed by atoms with Crippen LogP contribution < -0.4 is 5.32 Å². The van der Waals surface area contributed by atoms with Crippen LogP contribution in [-0.2, 0) is 6.54 Å². The predicted octanol–water partition coefficient (Wildman–Crippen LogP) is 4.30. The van der Waals surface area contributed by atoms with Crippen molar-refractivity contribution in [3.63, 3.8) is 0 Å². The Morgan fingerprint density at radius 3 is 2.44 bits per heavy atom. The Morgan fingerprint density at radius 2 is 1.70 bits per heavy atom. The van der Waals surface area contributed by atoms with E-state index in [1.54, 1.807) is 42.4 Å². The summed E-state index contributed by atoms with van der Waals surface area (Å²) in [6.07, 6.45) is 1.60. The smallest absolute Gasteiger partial charge is 0.272 e. The molecule has 0 bridgehead atoms. The van der Waals surface area contributed by atoms with Crippen LogP contribution in [0.5, 0.6) is 0 Å². The van der Waals surface area contributed by atoms with Crippen molar-refractivity contribution in [2.45, 2.75) is 13.5 Å². The summed E-state index contributed by atoms with van der Waals surface area (Å²) in [5.41, 5.74) is 3.57. The Morgan fingerprint density at radius 1 is 0.963 bits per heavy atom. The van der Waals surface area contributed by atoms with E-state index in [2.05, 4.69) is 10.3 Å². The molecule has 3 rings (SSSR count). The summed E-state index contributed by atoms with van der Waals surface area (Å²) in [4.78, 5) is 30.1. The molecule has 5 nitrogen and oxygen atoms in total. The van der Waals surface area contributed by atoms with Gasteiger partial charge in [-0.2, -0.15) is 0 Å². The molecule has 136 valence electrons. The van der Waals surface area contributed by atoms with Crippen LogP contribution in [0, 0.1) is 0 Å². The average molecular weight is 359 g/mol. The number of amides is 1. The van der Waals surface area contributed by atoms with E-state index in [1.165, 1.54) is 6.92 Å². The van der Waals surface area contributed by atoms with Crippen LogP contribution in [0.4, 0.5) is 11.4 Å². The van der Waals surface area contributed by atoms with Gasteiger partial charge in [0.15, 0.2) is 5.78 Å². The van der Waals surface area contributed by atoms with Gasteiger partial charge in [-0.15, -0.1) is 0 Å². The largest absolute Gasteiger partial charge is 0.355 e. The molecular weight excluding hydrogens is 338 g/mol. The zero-order valence-corrected chi connectivity index (χ0v) is 15.3. The number of rotatable bonds is 6. The fourth-order valence-electron chi connectivity index (χ4n) is 2.73. The Balaban J connectivity index is 1.74. The molecule has 0 fully saturated rings. The molecule has 0 saturated carbocycles. The minimum Gasteiger partial charge on any atom is -0.355 e. The first-order chi connectivity index (χ1) is 13.0. The third-order valence-electron chi connectivity index (χ3n) is 4.15. The van der Waals surface area contributed by atoms with Gasteiger partial charge in [0.25, 0.3) is 5.91 Å². The molecule has 0 aliphatic rings. The maximum atomic E-state index is 12.7. The van der Waals surface area contributed by atoms with Crippen LogP contribution in [0.15, 0.2) is 72.9 Å². The summed E-state index contributed by atoms with van der Waals surface area (Å²) >= 11 is 0.